The summed E-state index contributed by atoms with van der Waals surface area (Å²) in [4.78, 5) is 22.5. The monoisotopic (exact) mass is 520 g/mol. The molecule has 34 heavy (non-hydrogen) atoms. The number of ether oxygens (including phenoxy) is 4. The van der Waals surface area contributed by atoms with E-state index in [-0.39, 0.29) is 30.7 Å². The number of pyridine rings is 1. The van der Waals surface area contributed by atoms with Gasteiger partial charge in [0.15, 0.2) is 0 Å². The van der Waals surface area contributed by atoms with E-state index in [0.29, 0.717) is 30.5 Å². The van der Waals surface area contributed by atoms with E-state index in [1.54, 1.807) is 12.1 Å². The van der Waals surface area contributed by atoms with Gasteiger partial charge in [0.1, 0.15) is 52.5 Å². The predicted octanol–water partition coefficient (Wildman–Crippen LogP) is -7.70. The first-order valence-electron chi connectivity index (χ1n) is 12.2. The van der Waals surface area contributed by atoms with E-state index in [1.807, 2.05) is 4.90 Å². The van der Waals surface area contributed by atoms with E-state index in [4.69, 9.17) is 18.9 Å². The topological polar surface area (TPSA) is 79.0 Å². The van der Waals surface area contributed by atoms with Crippen LogP contribution in [0.15, 0.2) is 12.1 Å². The quantitative estimate of drug-likeness (QED) is 0.337. The number of hydrogen-bond acceptors (Lipinski definition) is 6. The molecule has 0 bridgehead atoms. The Bertz CT molecular complexity index is 685. The van der Waals surface area contributed by atoms with Crippen molar-refractivity contribution in [3.63, 3.8) is 0 Å². The summed E-state index contributed by atoms with van der Waals surface area (Å²) < 4.78 is 22.8. The van der Waals surface area contributed by atoms with Crippen LogP contribution in [-0.2, 0) is 9.47 Å². The fourth-order valence-electron chi connectivity index (χ4n) is 4.45. The molecule has 4 rings (SSSR count). The Balaban J connectivity index is 0.00000204. The van der Waals surface area contributed by atoms with Gasteiger partial charge in [0.25, 0.3) is 5.91 Å². The first-order valence-corrected chi connectivity index (χ1v) is 12.2. The third kappa shape index (κ3) is 9.02. The van der Waals surface area contributed by atoms with E-state index in [0.717, 1.165) is 91.6 Å². The van der Waals surface area contributed by atoms with Crippen LogP contribution in [0.1, 0.15) is 29.6 Å². The van der Waals surface area contributed by atoms with E-state index >= 15 is 0 Å². The number of rotatable bonds is 9. The van der Waals surface area contributed by atoms with Gasteiger partial charge in [0.2, 0.25) is 11.8 Å². The number of halogens is 2. The molecule has 2 N–H and O–H groups in total. The number of nitrogens with one attached hydrogen (secondary N) is 2. The molecule has 4 heterocycles. The van der Waals surface area contributed by atoms with Gasteiger partial charge in [0.05, 0.1) is 32.0 Å². The summed E-state index contributed by atoms with van der Waals surface area (Å²) in [5, 5.41) is 0. The summed E-state index contributed by atoms with van der Waals surface area (Å²) in [6, 6.07) is 3.54. The number of nitrogens with zero attached hydrogens (tertiary/aromatic N) is 2. The van der Waals surface area contributed by atoms with Gasteiger partial charge in [-0.2, -0.15) is 4.98 Å². The predicted molar refractivity (Wildman–Crippen MR) is 118 cm³/mol. The van der Waals surface area contributed by atoms with Gasteiger partial charge in [-0.15, -0.1) is 0 Å². The lowest BCUT2D eigenvalue weighted by atomic mass is 10.1. The molecule has 0 aromatic carbocycles. The molecule has 3 aliphatic heterocycles. The first-order chi connectivity index (χ1) is 15.8. The summed E-state index contributed by atoms with van der Waals surface area (Å²) in [5.41, 5.74) is 0.601. The van der Waals surface area contributed by atoms with Crippen LogP contribution >= 0.6 is 0 Å². The second kappa shape index (κ2) is 15.6. The summed E-state index contributed by atoms with van der Waals surface area (Å²) >= 11 is 0. The molecule has 1 amide bonds. The number of amides is 1. The van der Waals surface area contributed by atoms with Crippen LogP contribution in [0.4, 0.5) is 0 Å². The molecular weight excluding hydrogens is 483 g/mol. The normalized spacial score (nSPS) is 19.6. The molecular formula is C23H38Cl2N4O5. The number of quaternary nitrogens is 2. The molecule has 3 saturated heterocycles. The van der Waals surface area contributed by atoms with Crippen molar-refractivity contribution >= 4 is 5.91 Å². The summed E-state index contributed by atoms with van der Waals surface area (Å²) in [7, 11) is 0. The molecule has 9 nitrogen and oxygen atoms in total. The summed E-state index contributed by atoms with van der Waals surface area (Å²) in [5.74, 6) is 0.975. The molecule has 0 unspecified atom stereocenters. The molecule has 1 aromatic heterocycles. The average molecular weight is 521 g/mol. The van der Waals surface area contributed by atoms with Crippen molar-refractivity contribution in [2.45, 2.75) is 19.3 Å². The lowest BCUT2D eigenvalue weighted by Crippen LogP contribution is -3.14. The van der Waals surface area contributed by atoms with Crippen LogP contribution < -0.4 is 44.1 Å². The largest absolute Gasteiger partial charge is 1.00 e. The van der Waals surface area contributed by atoms with Crippen molar-refractivity contribution in [1.82, 2.24) is 9.88 Å². The highest BCUT2D eigenvalue weighted by molar-refractivity contribution is 5.94. The standard InChI is InChI=1S/C23H36N4O5.2ClH/c28-23(27-4-2-1-3-5-27)20-18-21(31-16-10-25-6-12-29-13-7-25)24-22(19-20)32-17-11-26-8-14-30-15-9-26;;/h18-19H,1-17H2;2*1H. The molecule has 0 aliphatic carbocycles. The van der Waals surface area contributed by atoms with Gasteiger partial charge in [0, 0.05) is 25.2 Å². The van der Waals surface area contributed by atoms with Gasteiger partial charge in [-0.05, 0) is 19.3 Å². The second-order valence-electron chi connectivity index (χ2n) is 8.81. The third-order valence-electron chi connectivity index (χ3n) is 6.48. The molecule has 0 spiro atoms. The average Bonchev–Trinajstić information content (AvgIpc) is 2.85. The maximum atomic E-state index is 13.1. The molecule has 11 heteroatoms. The summed E-state index contributed by atoms with van der Waals surface area (Å²) in [6.07, 6.45) is 3.32. The molecule has 0 atom stereocenters. The zero-order valence-electron chi connectivity index (χ0n) is 19.9. The second-order valence-corrected chi connectivity index (χ2v) is 8.81. The molecule has 3 fully saturated rings. The SMILES string of the molecule is O=C(c1cc(OCC[NH+]2CCOCC2)nc(OCC[NH+]2CCOCC2)c1)N1CCCCC1.[Cl-].[Cl-]. The van der Waals surface area contributed by atoms with E-state index < -0.39 is 0 Å². The van der Waals surface area contributed by atoms with Gasteiger partial charge in [-0.25, -0.2) is 0 Å². The van der Waals surface area contributed by atoms with Gasteiger partial charge >= 0.3 is 0 Å². The zero-order chi connectivity index (χ0) is 22.0. The minimum atomic E-state index is 0. The molecule has 1 aromatic rings. The minimum absolute atomic E-state index is 0. The van der Waals surface area contributed by atoms with Crippen LogP contribution in [0, 0.1) is 0 Å². The molecule has 194 valence electrons. The Morgan fingerprint density at radius 1 is 0.824 bits per heavy atom. The van der Waals surface area contributed by atoms with Crippen molar-refractivity contribution in [3.8, 4) is 11.8 Å². The van der Waals surface area contributed by atoms with Crippen molar-refractivity contribution in [2.75, 3.05) is 92.0 Å². The Morgan fingerprint density at radius 2 is 1.29 bits per heavy atom. The van der Waals surface area contributed by atoms with Crippen molar-refractivity contribution in [3.05, 3.63) is 17.7 Å². The maximum absolute atomic E-state index is 13.1. The number of piperidine rings is 1. The van der Waals surface area contributed by atoms with Crippen LogP contribution in [0.25, 0.3) is 0 Å². The van der Waals surface area contributed by atoms with Crippen LogP contribution in [0.5, 0.6) is 11.8 Å². The highest BCUT2D eigenvalue weighted by Crippen LogP contribution is 2.21. The number of hydrogen-bond donors (Lipinski definition) is 2. The highest BCUT2D eigenvalue weighted by atomic mass is 35.5. The van der Waals surface area contributed by atoms with E-state index in [2.05, 4.69) is 4.98 Å². The zero-order valence-corrected chi connectivity index (χ0v) is 21.4. The summed E-state index contributed by atoms with van der Waals surface area (Å²) in [6.45, 7) is 11.7. The Morgan fingerprint density at radius 3 is 1.76 bits per heavy atom. The van der Waals surface area contributed by atoms with Crippen molar-refractivity contribution < 1.29 is 58.4 Å². The van der Waals surface area contributed by atoms with E-state index in [1.165, 1.54) is 16.2 Å². The Labute approximate surface area is 214 Å². The van der Waals surface area contributed by atoms with Crippen LogP contribution in [-0.4, -0.2) is 108 Å². The van der Waals surface area contributed by atoms with Crippen molar-refractivity contribution in [2.24, 2.45) is 0 Å². The highest BCUT2D eigenvalue weighted by Gasteiger charge is 2.21. The molecule has 3 aliphatic rings. The lowest BCUT2D eigenvalue weighted by Gasteiger charge is -2.27. The Kier molecular flexibility index (Phi) is 13.2. The number of morpholine rings is 2. The van der Waals surface area contributed by atoms with Crippen LogP contribution in [0.2, 0.25) is 0 Å². The minimum Gasteiger partial charge on any atom is -1.00 e. The smallest absolute Gasteiger partial charge is 0.254 e. The van der Waals surface area contributed by atoms with Gasteiger partial charge < -0.3 is 58.5 Å². The fraction of sp³-hybridized carbons (Fsp3) is 0.739. The Hall–Kier alpha value is -1.36. The number of carbonyl (C=O) groups excluding carboxylic acids is 1. The lowest BCUT2D eigenvalue weighted by molar-refractivity contribution is -0.908. The maximum Gasteiger partial charge on any atom is 0.254 e. The van der Waals surface area contributed by atoms with E-state index in [9.17, 15) is 4.79 Å². The van der Waals surface area contributed by atoms with Gasteiger partial charge in [-0.1, -0.05) is 0 Å². The van der Waals surface area contributed by atoms with Crippen molar-refractivity contribution in [1.29, 1.82) is 0 Å². The number of likely N-dealkylation sites (tertiary alicyclic amines) is 1. The van der Waals surface area contributed by atoms with Crippen LogP contribution in [0.3, 0.4) is 0 Å². The fourth-order valence-corrected chi connectivity index (χ4v) is 4.45. The first kappa shape index (κ1) is 28.9. The third-order valence-corrected chi connectivity index (χ3v) is 6.48. The number of aromatic nitrogens is 1. The number of carbonyl (C=O) groups is 1. The molecule has 0 saturated carbocycles. The van der Waals surface area contributed by atoms with Gasteiger partial charge in [-0.3, -0.25) is 4.79 Å². The molecule has 0 radical (unpaired) electrons.